The van der Waals surface area contributed by atoms with Gasteiger partial charge in [-0.1, -0.05) is 17.3 Å². The highest BCUT2D eigenvalue weighted by molar-refractivity contribution is 9.10. The standard InChI is InChI=1S/C14H10BrN5O/c15-13-10(4-3-7-16-13)14(21)18-11-5-1-2-6-12(11)20-9-8-17-19-20/h1-9H,(H,18,21). The molecule has 3 rings (SSSR count). The van der Waals surface area contributed by atoms with Crippen LogP contribution in [0.4, 0.5) is 5.69 Å². The molecule has 0 radical (unpaired) electrons. The van der Waals surface area contributed by atoms with E-state index in [4.69, 9.17) is 0 Å². The average Bonchev–Trinajstić information content (AvgIpc) is 3.02. The van der Waals surface area contributed by atoms with E-state index in [9.17, 15) is 4.79 Å². The Kier molecular flexibility index (Phi) is 3.74. The first-order chi connectivity index (χ1) is 10.3. The Labute approximate surface area is 129 Å². The number of nitrogens with one attached hydrogen (secondary N) is 1. The molecule has 0 aliphatic heterocycles. The summed E-state index contributed by atoms with van der Waals surface area (Å²) in [6.07, 6.45) is 4.91. The summed E-state index contributed by atoms with van der Waals surface area (Å²) in [7, 11) is 0. The van der Waals surface area contributed by atoms with Crippen molar-refractivity contribution in [3.05, 3.63) is 65.2 Å². The van der Waals surface area contributed by atoms with E-state index >= 15 is 0 Å². The minimum atomic E-state index is -0.248. The Morgan fingerprint density at radius 3 is 2.76 bits per heavy atom. The topological polar surface area (TPSA) is 72.7 Å². The third-order valence-corrected chi connectivity index (χ3v) is 3.46. The van der Waals surface area contributed by atoms with Crippen molar-refractivity contribution in [3.8, 4) is 5.69 Å². The predicted molar refractivity (Wildman–Crippen MR) is 81.2 cm³/mol. The van der Waals surface area contributed by atoms with Crippen molar-refractivity contribution in [2.24, 2.45) is 0 Å². The summed E-state index contributed by atoms with van der Waals surface area (Å²) < 4.78 is 2.09. The van der Waals surface area contributed by atoms with E-state index in [2.05, 4.69) is 36.5 Å². The fourth-order valence-corrected chi connectivity index (χ4v) is 2.29. The van der Waals surface area contributed by atoms with Gasteiger partial charge in [0.15, 0.2) is 0 Å². The molecule has 7 heteroatoms. The average molecular weight is 344 g/mol. The molecule has 21 heavy (non-hydrogen) atoms. The second-order valence-corrected chi connectivity index (χ2v) is 4.91. The molecule has 3 aromatic rings. The number of hydrogen-bond donors (Lipinski definition) is 1. The summed E-state index contributed by atoms with van der Waals surface area (Å²) in [5, 5.41) is 10.6. The van der Waals surface area contributed by atoms with Crippen LogP contribution in [0.2, 0.25) is 0 Å². The number of para-hydroxylation sites is 2. The third kappa shape index (κ3) is 2.82. The zero-order valence-electron chi connectivity index (χ0n) is 10.8. The highest BCUT2D eigenvalue weighted by Gasteiger charge is 2.13. The zero-order chi connectivity index (χ0) is 14.7. The molecule has 0 aliphatic carbocycles. The second-order valence-electron chi connectivity index (χ2n) is 4.16. The molecule has 6 nitrogen and oxygen atoms in total. The summed E-state index contributed by atoms with van der Waals surface area (Å²) in [6, 6.07) is 10.8. The normalized spacial score (nSPS) is 10.3. The van der Waals surface area contributed by atoms with E-state index in [-0.39, 0.29) is 5.91 Å². The van der Waals surface area contributed by atoms with Crippen molar-refractivity contribution in [2.75, 3.05) is 5.32 Å². The van der Waals surface area contributed by atoms with Gasteiger partial charge in [-0.2, -0.15) is 0 Å². The van der Waals surface area contributed by atoms with Crippen LogP contribution in [0, 0.1) is 0 Å². The highest BCUT2D eigenvalue weighted by atomic mass is 79.9. The monoisotopic (exact) mass is 343 g/mol. The van der Waals surface area contributed by atoms with Crippen molar-refractivity contribution in [1.29, 1.82) is 0 Å². The van der Waals surface area contributed by atoms with E-state index in [0.29, 0.717) is 15.9 Å². The molecule has 104 valence electrons. The van der Waals surface area contributed by atoms with Crippen LogP contribution >= 0.6 is 15.9 Å². The molecule has 2 aromatic heterocycles. The third-order valence-electron chi connectivity index (χ3n) is 2.83. The Morgan fingerprint density at radius 1 is 1.14 bits per heavy atom. The molecule has 1 amide bonds. The molecule has 0 aliphatic rings. The van der Waals surface area contributed by atoms with Crippen LogP contribution in [0.3, 0.4) is 0 Å². The number of benzene rings is 1. The summed E-state index contributed by atoms with van der Waals surface area (Å²) in [4.78, 5) is 16.4. The summed E-state index contributed by atoms with van der Waals surface area (Å²) in [5.41, 5.74) is 1.85. The predicted octanol–water partition coefficient (Wildman–Crippen LogP) is 2.68. The SMILES string of the molecule is O=C(Nc1ccccc1-n1ccnn1)c1cccnc1Br. The maximum absolute atomic E-state index is 12.3. The number of carbonyl (C=O) groups excluding carboxylic acids is 1. The van der Waals surface area contributed by atoms with E-state index in [1.54, 1.807) is 41.5 Å². The minimum absolute atomic E-state index is 0.248. The van der Waals surface area contributed by atoms with Crippen molar-refractivity contribution in [2.45, 2.75) is 0 Å². The smallest absolute Gasteiger partial charge is 0.258 e. The molecule has 0 atom stereocenters. The molecule has 1 aromatic carbocycles. The van der Waals surface area contributed by atoms with E-state index in [1.807, 2.05) is 18.2 Å². The van der Waals surface area contributed by atoms with Gasteiger partial charge in [-0.05, 0) is 40.2 Å². The molecule has 2 heterocycles. The van der Waals surface area contributed by atoms with Crippen LogP contribution in [0.15, 0.2) is 59.6 Å². The van der Waals surface area contributed by atoms with Crippen LogP contribution in [-0.4, -0.2) is 25.9 Å². The summed E-state index contributed by atoms with van der Waals surface area (Å²) in [5.74, 6) is -0.248. The molecule has 0 spiro atoms. The fraction of sp³-hybridized carbons (Fsp3) is 0. The molecule has 1 N–H and O–H groups in total. The molecule has 0 fully saturated rings. The quantitative estimate of drug-likeness (QED) is 0.742. The van der Waals surface area contributed by atoms with Crippen molar-refractivity contribution < 1.29 is 4.79 Å². The number of aromatic nitrogens is 4. The Bertz CT molecular complexity index is 773. The largest absolute Gasteiger partial charge is 0.320 e. The summed E-state index contributed by atoms with van der Waals surface area (Å²) >= 11 is 3.27. The van der Waals surface area contributed by atoms with Crippen LogP contribution in [0.25, 0.3) is 5.69 Å². The number of carbonyl (C=O) groups is 1. The first-order valence-electron chi connectivity index (χ1n) is 6.13. The number of amides is 1. The highest BCUT2D eigenvalue weighted by Crippen LogP contribution is 2.21. The van der Waals surface area contributed by atoms with Gasteiger partial charge in [-0.15, -0.1) is 5.10 Å². The van der Waals surface area contributed by atoms with Crippen LogP contribution in [0.5, 0.6) is 0 Å². The number of rotatable bonds is 3. The first kappa shape index (κ1) is 13.4. The molecule has 0 saturated carbocycles. The Hall–Kier alpha value is -2.54. The number of anilines is 1. The van der Waals surface area contributed by atoms with Gasteiger partial charge in [0.2, 0.25) is 0 Å². The van der Waals surface area contributed by atoms with E-state index in [0.717, 1.165) is 5.69 Å². The maximum Gasteiger partial charge on any atom is 0.258 e. The van der Waals surface area contributed by atoms with Crippen molar-refractivity contribution in [3.63, 3.8) is 0 Å². The van der Waals surface area contributed by atoms with Crippen LogP contribution < -0.4 is 5.32 Å². The molecule has 0 unspecified atom stereocenters. The second kappa shape index (κ2) is 5.84. The first-order valence-corrected chi connectivity index (χ1v) is 6.92. The lowest BCUT2D eigenvalue weighted by atomic mass is 10.2. The molecular formula is C14H10BrN5O. The van der Waals surface area contributed by atoms with E-state index in [1.165, 1.54) is 0 Å². The lowest BCUT2D eigenvalue weighted by molar-refractivity contribution is 0.102. The van der Waals surface area contributed by atoms with Gasteiger partial charge in [-0.3, -0.25) is 4.79 Å². The van der Waals surface area contributed by atoms with Crippen LogP contribution in [0.1, 0.15) is 10.4 Å². The van der Waals surface area contributed by atoms with Gasteiger partial charge in [0.1, 0.15) is 4.60 Å². The minimum Gasteiger partial charge on any atom is -0.320 e. The Morgan fingerprint density at radius 2 is 2.00 bits per heavy atom. The van der Waals surface area contributed by atoms with Gasteiger partial charge in [0.05, 0.1) is 29.3 Å². The number of halogens is 1. The van der Waals surface area contributed by atoms with Gasteiger partial charge in [0, 0.05) is 6.20 Å². The number of hydrogen-bond acceptors (Lipinski definition) is 4. The lowest BCUT2D eigenvalue weighted by Gasteiger charge is -2.10. The van der Waals surface area contributed by atoms with Gasteiger partial charge >= 0.3 is 0 Å². The molecule has 0 bridgehead atoms. The van der Waals surface area contributed by atoms with Crippen molar-refractivity contribution in [1.82, 2.24) is 20.0 Å². The fourth-order valence-electron chi connectivity index (χ4n) is 1.86. The molecular weight excluding hydrogens is 334 g/mol. The van der Waals surface area contributed by atoms with Gasteiger partial charge in [-0.25, -0.2) is 9.67 Å². The lowest BCUT2D eigenvalue weighted by Crippen LogP contribution is -2.15. The maximum atomic E-state index is 12.3. The summed E-state index contributed by atoms with van der Waals surface area (Å²) in [6.45, 7) is 0. The van der Waals surface area contributed by atoms with Gasteiger partial charge < -0.3 is 5.32 Å². The number of pyridine rings is 1. The Balaban J connectivity index is 1.93. The zero-order valence-corrected chi connectivity index (χ0v) is 12.4. The molecule has 0 saturated heterocycles. The van der Waals surface area contributed by atoms with Gasteiger partial charge in [0.25, 0.3) is 5.91 Å². The van der Waals surface area contributed by atoms with E-state index < -0.39 is 0 Å². The van der Waals surface area contributed by atoms with Crippen molar-refractivity contribution >= 4 is 27.5 Å². The van der Waals surface area contributed by atoms with Crippen LogP contribution in [-0.2, 0) is 0 Å². The number of nitrogens with zero attached hydrogens (tertiary/aromatic N) is 4.